The zero-order valence-corrected chi connectivity index (χ0v) is 13.3. The number of hydrogen-bond acceptors (Lipinski definition) is 4. The Labute approximate surface area is 142 Å². The lowest BCUT2D eigenvalue weighted by atomic mass is 10.1. The van der Waals surface area contributed by atoms with Crippen molar-refractivity contribution in [3.05, 3.63) is 65.5 Å². The average molecular weight is 334 g/mol. The third kappa shape index (κ3) is 2.51. The van der Waals surface area contributed by atoms with Gasteiger partial charge >= 0.3 is 5.91 Å². The van der Waals surface area contributed by atoms with Gasteiger partial charge in [-0.3, -0.25) is 25.5 Å². The predicted molar refractivity (Wildman–Crippen MR) is 92.0 cm³/mol. The number of hydrogen-bond donors (Lipinski definition) is 3. The second kappa shape index (κ2) is 5.79. The van der Waals surface area contributed by atoms with Crippen LogP contribution in [-0.2, 0) is 0 Å². The summed E-state index contributed by atoms with van der Waals surface area (Å²) < 4.78 is 5.57. The average Bonchev–Trinajstić information content (AvgIpc) is 3.21. The number of aromatic nitrogens is 2. The number of H-pyrrole nitrogens is 1. The number of hydrazine groups is 1. The second-order valence-corrected chi connectivity index (χ2v) is 5.58. The lowest BCUT2D eigenvalue weighted by molar-refractivity contribution is 0.0830. The summed E-state index contributed by atoms with van der Waals surface area (Å²) in [4.78, 5) is 24.6. The number of nitrogens with zero attached hydrogens (tertiary/aromatic N) is 1. The van der Waals surface area contributed by atoms with Gasteiger partial charge in [-0.15, -0.1) is 0 Å². The molecule has 0 aliphatic heterocycles. The Morgan fingerprint density at radius 1 is 0.960 bits per heavy atom. The molecule has 0 saturated carbocycles. The van der Waals surface area contributed by atoms with E-state index >= 15 is 0 Å². The highest BCUT2D eigenvalue weighted by atomic mass is 16.3. The number of rotatable bonds is 2. The maximum absolute atomic E-state index is 12.3. The van der Waals surface area contributed by atoms with Crippen molar-refractivity contribution in [2.75, 3.05) is 0 Å². The van der Waals surface area contributed by atoms with E-state index in [1.165, 1.54) is 0 Å². The Kier molecular flexibility index (Phi) is 3.46. The largest absolute Gasteiger partial charge is 0.451 e. The summed E-state index contributed by atoms with van der Waals surface area (Å²) in [5.74, 6) is -0.880. The van der Waals surface area contributed by atoms with E-state index in [0.717, 1.165) is 10.9 Å². The third-order valence-corrected chi connectivity index (χ3v) is 4.02. The SMILES string of the molecule is Cc1c(C(=O)NNC(=O)c2n[nH]c3ccccc23)oc2ccccc12. The molecule has 2 aromatic carbocycles. The normalized spacial score (nSPS) is 10.9. The molecule has 4 rings (SSSR count). The van der Waals surface area contributed by atoms with Crippen LogP contribution in [0, 0.1) is 6.92 Å². The van der Waals surface area contributed by atoms with Gasteiger partial charge in [-0.05, 0) is 19.1 Å². The minimum Gasteiger partial charge on any atom is -0.451 e. The summed E-state index contributed by atoms with van der Waals surface area (Å²) in [6.07, 6.45) is 0. The molecule has 0 aliphatic carbocycles. The minimum absolute atomic E-state index is 0.161. The molecule has 25 heavy (non-hydrogen) atoms. The number of nitrogens with one attached hydrogen (secondary N) is 3. The van der Waals surface area contributed by atoms with Gasteiger partial charge in [0.15, 0.2) is 11.5 Å². The Morgan fingerprint density at radius 2 is 1.64 bits per heavy atom. The van der Waals surface area contributed by atoms with Crippen molar-refractivity contribution in [3.63, 3.8) is 0 Å². The maximum atomic E-state index is 12.3. The van der Waals surface area contributed by atoms with E-state index in [1.54, 1.807) is 19.1 Å². The van der Waals surface area contributed by atoms with Crippen LogP contribution in [0.5, 0.6) is 0 Å². The molecular formula is C18H14N4O3. The summed E-state index contributed by atoms with van der Waals surface area (Å²) in [5, 5.41) is 8.29. The Morgan fingerprint density at radius 3 is 2.44 bits per heavy atom. The summed E-state index contributed by atoms with van der Waals surface area (Å²) in [5.41, 5.74) is 7.02. The number of aromatic amines is 1. The third-order valence-electron chi connectivity index (χ3n) is 4.02. The standard InChI is InChI=1S/C18H14N4O3/c1-10-11-6-3-5-9-14(11)25-16(10)18(24)22-21-17(23)15-12-7-2-4-8-13(12)19-20-15/h2-9H,1H3,(H,19,20)(H,21,23)(H,22,24). The van der Waals surface area contributed by atoms with Crippen LogP contribution >= 0.6 is 0 Å². The highest BCUT2D eigenvalue weighted by molar-refractivity contribution is 6.06. The van der Waals surface area contributed by atoms with Crippen LogP contribution in [0.4, 0.5) is 0 Å². The van der Waals surface area contributed by atoms with E-state index in [1.807, 2.05) is 36.4 Å². The van der Waals surface area contributed by atoms with Crippen molar-refractivity contribution < 1.29 is 14.0 Å². The Hall–Kier alpha value is -3.61. The van der Waals surface area contributed by atoms with Gasteiger partial charge in [-0.2, -0.15) is 5.10 Å². The quantitative estimate of drug-likeness (QED) is 0.491. The van der Waals surface area contributed by atoms with Gasteiger partial charge in [-0.1, -0.05) is 36.4 Å². The first-order valence-corrected chi connectivity index (χ1v) is 7.67. The molecule has 2 heterocycles. The van der Waals surface area contributed by atoms with E-state index in [4.69, 9.17) is 4.42 Å². The first kappa shape index (κ1) is 14.9. The Bertz CT molecular complexity index is 1110. The molecule has 4 aromatic rings. The number of fused-ring (bicyclic) bond motifs is 2. The van der Waals surface area contributed by atoms with Crippen molar-refractivity contribution >= 4 is 33.7 Å². The number of carbonyl (C=O) groups is 2. The van der Waals surface area contributed by atoms with Crippen molar-refractivity contribution in [1.82, 2.24) is 21.0 Å². The molecule has 2 amide bonds. The smallest absolute Gasteiger partial charge is 0.305 e. The fourth-order valence-corrected chi connectivity index (χ4v) is 2.76. The zero-order chi connectivity index (χ0) is 17.4. The number of benzene rings is 2. The van der Waals surface area contributed by atoms with Crippen molar-refractivity contribution in [1.29, 1.82) is 0 Å². The van der Waals surface area contributed by atoms with E-state index in [2.05, 4.69) is 21.0 Å². The fraction of sp³-hybridized carbons (Fsp3) is 0.0556. The fourth-order valence-electron chi connectivity index (χ4n) is 2.76. The number of carbonyl (C=O) groups excluding carboxylic acids is 2. The highest BCUT2D eigenvalue weighted by Gasteiger charge is 2.19. The molecule has 0 radical (unpaired) electrons. The number of para-hydroxylation sites is 2. The van der Waals surface area contributed by atoms with E-state index in [9.17, 15) is 9.59 Å². The molecule has 3 N–H and O–H groups in total. The first-order chi connectivity index (χ1) is 12.1. The molecule has 7 heteroatoms. The van der Waals surface area contributed by atoms with Crippen LogP contribution in [-0.4, -0.2) is 22.0 Å². The molecule has 0 spiro atoms. The van der Waals surface area contributed by atoms with Gasteiger partial charge in [0.2, 0.25) is 0 Å². The highest BCUT2D eigenvalue weighted by Crippen LogP contribution is 2.24. The van der Waals surface area contributed by atoms with Gasteiger partial charge in [0.05, 0.1) is 5.52 Å². The van der Waals surface area contributed by atoms with E-state index < -0.39 is 11.8 Å². The lowest BCUT2D eigenvalue weighted by Crippen LogP contribution is -2.41. The van der Waals surface area contributed by atoms with Crippen molar-refractivity contribution in [3.8, 4) is 0 Å². The van der Waals surface area contributed by atoms with Gasteiger partial charge in [0.1, 0.15) is 5.58 Å². The first-order valence-electron chi connectivity index (χ1n) is 7.67. The van der Waals surface area contributed by atoms with Crippen LogP contribution < -0.4 is 10.9 Å². The topological polar surface area (TPSA) is 100 Å². The van der Waals surface area contributed by atoms with Crippen LogP contribution in [0.3, 0.4) is 0 Å². The Balaban J connectivity index is 1.53. The zero-order valence-electron chi connectivity index (χ0n) is 13.3. The summed E-state index contributed by atoms with van der Waals surface area (Å²) >= 11 is 0. The minimum atomic E-state index is -0.526. The molecule has 0 fully saturated rings. The van der Waals surface area contributed by atoms with Gasteiger partial charge in [0, 0.05) is 16.3 Å². The van der Waals surface area contributed by atoms with E-state index in [0.29, 0.717) is 16.5 Å². The molecule has 124 valence electrons. The van der Waals surface area contributed by atoms with E-state index in [-0.39, 0.29) is 11.5 Å². The van der Waals surface area contributed by atoms with Crippen molar-refractivity contribution in [2.24, 2.45) is 0 Å². The maximum Gasteiger partial charge on any atom is 0.305 e. The summed E-state index contributed by atoms with van der Waals surface area (Å²) in [6, 6.07) is 14.6. The van der Waals surface area contributed by atoms with Crippen LogP contribution in [0.25, 0.3) is 21.9 Å². The van der Waals surface area contributed by atoms with Gasteiger partial charge in [-0.25, -0.2) is 0 Å². The van der Waals surface area contributed by atoms with Gasteiger partial charge < -0.3 is 4.42 Å². The molecule has 2 aromatic heterocycles. The molecule has 0 bridgehead atoms. The van der Waals surface area contributed by atoms with Crippen LogP contribution in [0.2, 0.25) is 0 Å². The monoisotopic (exact) mass is 334 g/mol. The van der Waals surface area contributed by atoms with Crippen LogP contribution in [0.15, 0.2) is 52.9 Å². The number of aryl methyl sites for hydroxylation is 1. The van der Waals surface area contributed by atoms with Gasteiger partial charge in [0.25, 0.3) is 5.91 Å². The van der Waals surface area contributed by atoms with Crippen LogP contribution in [0.1, 0.15) is 26.6 Å². The second-order valence-electron chi connectivity index (χ2n) is 5.58. The number of furan rings is 1. The summed E-state index contributed by atoms with van der Waals surface area (Å²) in [6.45, 7) is 1.80. The molecule has 0 saturated heterocycles. The predicted octanol–water partition coefficient (Wildman–Crippen LogP) is 2.69. The molecule has 0 unspecified atom stereocenters. The molecule has 7 nitrogen and oxygen atoms in total. The lowest BCUT2D eigenvalue weighted by Gasteiger charge is -2.05. The molecule has 0 aliphatic rings. The number of amides is 2. The molecule has 0 atom stereocenters. The molecular weight excluding hydrogens is 320 g/mol. The summed E-state index contributed by atoms with van der Waals surface area (Å²) in [7, 11) is 0. The van der Waals surface area contributed by atoms with Crippen molar-refractivity contribution in [2.45, 2.75) is 6.92 Å².